The molecule has 0 saturated heterocycles. The Morgan fingerprint density at radius 3 is 0.676 bits per heavy atom. The van der Waals surface area contributed by atoms with Crippen molar-refractivity contribution in [3.05, 3.63) is 0 Å². The van der Waals surface area contributed by atoms with E-state index in [1.165, 1.54) is 0 Å². The quantitative estimate of drug-likeness (QED) is 0.0977. The van der Waals surface area contributed by atoms with E-state index in [4.69, 9.17) is 0 Å². The highest BCUT2D eigenvalue weighted by atomic mass is 16.6. The Kier molecular flexibility index (Phi) is 11.7. The highest BCUT2D eigenvalue weighted by molar-refractivity contribution is 5.98. The summed E-state index contributed by atoms with van der Waals surface area (Å²) in [6, 6.07) is 0. The standard InChI is InChI=1S/C16H18O18/c1-3(17)31-11(25)5(19)7(21)13(27)33-15(29)9(23)10(24)16(30)34-14(28)8(22)6(20)12(26)32-4(2)18/h5-10,19-24H,1-2H3. The molecule has 0 saturated carbocycles. The highest BCUT2D eigenvalue weighted by Gasteiger charge is 2.41. The molecular formula is C16H18O18. The molecule has 0 aliphatic heterocycles. The van der Waals surface area contributed by atoms with Crippen LogP contribution in [0.5, 0.6) is 0 Å². The molecule has 0 fully saturated rings. The van der Waals surface area contributed by atoms with Gasteiger partial charge in [0.15, 0.2) is 36.6 Å². The van der Waals surface area contributed by atoms with Crippen molar-refractivity contribution >= 4 is 47.8 Å². The van der Waals surface area contributed by atoms with Gasteiger partial charge in [0.25, 0.3) is 0 Å². The summed E-state index contributed by atoms with van der Waals surface area (Å²) in [5, 5.41) is 56.5. The highest BCUT2D eigenvalue weighted by Crippen LogP contribution is 2.07. The van der Waals surface area contributed by atoms with Gasteiger partial charge in [0, 0.05) is 13.8 Å². The van der Waals surface area contributed by atoms with Crippen LogP contribution in [0.4, 0.5) is 0 Å². The molecule has 18 nitrogen and oxygen atoms in total. The van der Waals surface area contributed by atoms with Gasteiger partial charge in [-0.2, -0.15) is 0 Å². The van der Waals surface area contributed by atoms with E-state index in [1.54, 1.807) is 0 Å². The van der Waals surface area contributed by atoms with Crippen LogP contribution in [0.1, 0.15) is 13.8 Å². The Morgan fingerprint density at radius 1 is 0.382 bits per heavy atom. The van der Waals surface area contributed by atoms with Crippen molar-refractivity contribution in [3.8, 4) is 0 Å². The lowest BCUT2D eigenvalue weighted by molar-refractivity contribution is -0.190. The normalized spacial score (nSPS) is 15.9. The molecule has 18 heteroatoms. The van der Waals surface area contributed by atoms with Crippen LogP contribution in [0.3, 0.4) is 0 Å². The lowest BCUT2D eigenvalue weighted by atomic mass is 10.2. The van der Waals surface area contributed by atoms with Crippen molar-refractivity contribution in [1.82, 2.24) is 0 Å². The number of aliphatic hydroxyl groups excluding tert-OH is 6. The summed E-state index contributed by atoms with van der Waals surface area (Å²) < 4.78 is 15.4. The Balaban J connectivity index is 4.99. The van der Waals surface area contributed by atoms with E-state index in [-0.39, 0.29) is 0 Å². The SMILES string of the molecule is CC(=O)OC(=O)C(O)C(O)C(=O)OC(=O)C(O)C(O)C(=O)OC(=O)C(O)C(O)C(=O)OC(C)=O. The Hall–Kier alpha value is -3.68. The van der Waals surface area contributed by atoms with E-state index >= 15 is 0 Å². The van der Waals surface area contributed by atoms with Crippen molar-refractivity contribution in [2.75, 3.05) is 0 Å². The van der Waals surface area contributed by atoms with Crippen molar-refractivity contribution < 1.29 is 87.9 Å². The zero-order valence-electron chi connectivity index (χ0n) is 17.0. The summed E-state index contributed by atoms with van der Waals surface area (Å²) in [7, 11) is 0. The van der Waals surface area contributed by atoms with Crippen LogP contribution in [-0.4, -0.2) is 115 Å². The molecule has 0 aliphatic carbocycles. The third-order valence-electron chi connectivity index (χ3n) is 3.24. The monoisotopic (exact) mass is 498 g/mol. The lowest BCUT2D eigenvalue weighted by Crippen LogP contribution is -2.48. The van der Waals surface area contributed by atoms with Crippen molar-refractivity contribution in [2.24, 2.45) is 0 Å². The van der Waals surface area contributed by atoms with Gasteiger partial charge < -0.3 is 49.6 Å². The van der Waals surface area contributed by atoms with Gasteiger partial charge in [0.05, 0.1) is 0 Å². The molecule has 190 valence electrons. The largest absolute Gasteiger partial charge is 0.391 e. The molecule has 34 heavy (non-hydrogen) atoms. The fourth-order valence-electron chi connectivity index (χ4n) is 1.62. The van der Waals surface area contributed by atoms with Gasteiger partial charge >= 0.3 is 47.8 Å². The Labute approximate surface area is 187 Å². The predicted molar refractivity (Wildman–Crippen MR) is 91.8 cm³/mol. The van der Waals surface area contributed by atoms with E-state index in [1.807, 2.05) is 0 Å². The number of esters is 8. The first-order valence-corrected chi connectivity index (χ1v) is 8.55. The molecule has 6 unspecified atom stereocenters. The van der Waals surface area contributed by atoms with Gasteiger partial charge in [-0.05, 0) is 0 Å². The molecule has 6 N–H and O–H groups in total. The number of hydrogen-bond donors (Lipinski definition) is 6. The molecule has 0 aliphatic rings. The average Bonchev–Trinajstić information content (AvgIpc) is 2.74. The van der Waals surface area contributed by atoms with Gasteiger partial charge in [-0.25, -0.2) is 28.8 Å². The minimum Gasteiger partial charge on any atom is -0.391 e. The van der Waals surface area contributed by atoms with E-state index < -0.39 is 84.4 Å². The third kappa shape index (κ3) is 9.05. The van der Waals surface area contributed by atoms with Crippen LogP contribution in [-0.2, 0) is 57.3 Å². The summed E-state index contributed by atoms with van der Waals surface area (Å²) in [6.07, 6.45) is -17.1. The average molecular weight is 498 g/mol. The number of carbonyl (C=O) groups is 8. The summed E-state index contributed by atoms with van der Waals surface area (Å²) in [5.41, 5.74) is 0. The number of hydrogen-bond acceptors (Lipinski definition) is 18. The van der Waals surface area contributed by atoms with Crippen LogP contribution in [0.15, 0.2) is 0 Å². The molecule has 6 atom stereocenters. The van der Waals surface area contributed by atoms with Gasteiger partial charge in [-0.3, -0.25) is 9.59 Å². The van der Waals surface area contributed by atoms with Crippen molar-refractivity contribution in [1.29, 1.82) is 0 Å². The summed E-state index contributed by atoms with van der Waals surface area (Å²) in [4.78, 5) is 89.8. The maximum absolute atomic E-state index is 11.6. The van der Waals surface area contributed by atoms with Gasteiger partial charge in [-0.15, -0.1) is 0 Å². The van der Waals surface area contributed by atoms with E-state index in [9.17, 15) is 69.0 Å². The first-order chi connectivity index (χ1) is 15.5. The fraction of sp³-hybridized carbons (Fsp3) is 0.500. The maximum Gasteiger partial charge on any atom is 0.346 e. The molecule has 0 amide bonds. The van der Waals surface area contributed by atoms with E-state index in [0.29, 0.717) is 0 Å². The second kappa shape index (κ2) is 13.1. The summed E-state index contributed by atoms with van der Waals surface area (Å²) in [5.74, 6) is -14.7. The zero-order chi connectivity index (χ0) is 26.9. The molecule has 0 aromatic carbocycles. The molecule has 0 radical (unpaired) electrons. The van der Waals surface area contributed by atoms with Crippen molar-refractivity contribution in [3.63, 3.8) is 0 Å². The summed E-state index contributed by atoms with van der Waals surface area (Å²) in [6.45, 7) is 1.47. The molecule has 0 rings (SSSR count). The predicted octanol–water partition coefficient (Wildman–Crippen LogP) is -6.53. The Morgan fingerprint density at radius 2 is 0.529 bits per heavy atom. The molecule has 0 spiro atoms. The molecular weight excluding hydrogens is 480 g/mol. The first-order valence-electron chi connectivity index (χ1n) is 8.55. The van der Waals surface area contributed by atoms with Crippen LogP contribution in [0, 0.1) is 0 Å². The van der Waals surface area contributed by atoms with Crippen molar-refractivity contribution in [2.45, 2.75) is 50.5 Å². The number of rotatable bonds is 9. The lowest BCUT2D eigenvalue weighted by Gasteiger charge is -2.18. The third-order valence-corrected chi connectivity index (χ3v) is 3.24. The molecule has 0 heterocycles. The van der Waals surface area contributed by atoms with Crippen LogP contribution >= 0.6 is 0 Å². The second-order valence-electron chi connectivity index (χ2n) is 5.97. The minimum absolute atomic E-state index is 0.734. The number of carbonyl (C=O) groups excluding carboxylic acids is 8. The second-order valence-corrected chi connectivity index (χ2v) is 5.97. The topological polar surface area (TPSA) is 295 Å². The molecule has 0 bridgehead atoms. The maximum atomic E-state index is 11.6. The number of ether oxygens (including phenoxy) is 4. The molecule has 0 aromatic heterocycles. The first kappa shape index (κ1) is 30.3. The number of aliphatic hydroxyl groups is 6. The van der Waals surface area contributed by atoms with Gasteiger partial charge in [-0.1, -0.05) is 0 Å². The smallest absolute Gasteiger partial charge is 0.346 e. The fourth-order valence-corrected chi connectivity index (χ4v) is 1.62. The van der Waals surface area contributed by atoms with Gasteiger partial charge in [0.1, 0.15) is 0 Å². The van der Waals surface area contributed by atoms with Crippen LogP contribution < -0.4 is 0 Å². The summed E-state index contributed by atoms with van der Waals surface area (Å²) >= 11 is 0. The van der Waals surface area contributed by atoms with Gasteiger partial charge in [0.2, 0.25) is 0 Å². The van der Waals surface area contributed by atoms with Crippen LogP contribution in [0.25, 0.3) is 0 Å². The Bertz CT molecular complexity index is 790. The molecule has 0 aromatic rings. The van der Waals surface area contributed by atoms with E-state index in [0.717, 1.165) is 13.8 Å². The van der Waals surface area contributed by atoms with Crippen LogP contribution in [0.2, 0.25) is 0 Å². The van der Waals surface area contributed by atoms with E-state index in [2.05, 4.69) is 18.9 Å². The zero-order valence-corrected chi connectivity index (χ0v) is 17.0. The minimum atomic E-state index is -3.00.